The number of rotatable bonds is 3. The maximum Gasteiger partial charge on any atom is 0.409 e. The van der Waals surface area contributed by atoms with Gasteiger partial charge >= 0.3 is 6.09 Å². The molecule has 0 saturated carbocycles. The molecule has 0 aromatic carbocycles. The monoisotopic (exact) mass is 214 g/mol. The molecule has 0 atom stereocenters. The van der Waals surface area contributed by atoms with Gasteiger partial charge in [0.15, 0.2) is 0 Å². The van der Waals surface area contributed by atoms with Crippen molar-refractivity contribution in [1.82, 2.24) is 4.90 Å². The Bertz CT molecular complexity index is 231. The molecule has 15 heavy (non-hydrogen) atoms. The molecule has 1 heterocycles. The highest BCUT2D eigenvalue weighted by Crippen LogP contribution is 2.08. The Kier molecular flexibility index (Phi) is 4.93. The fourth-order valence-electron chi connectivity index (χ4n) is 1.44. The number of ether oxygens (including phenoxy) is 1. The van der Waals surface area contributed by atoms with Crippen LogP contribution in [0.15, 0.2) is 5.16 Å². The molecule has 86 valence electrons. The second-order valence-electron chi connectivity index (χ2n) is 3.62. The Morgan fingerprint density at radius 3 is 2.73 bits per heavy atom. The van der Waals surface area contributed by atoms with Crippen LogP contribution in [-0.4, -0.2) is 41.6 Å². The highest BCUT2D eigenvalue weighted by Gasteiger charge is 2.20. The molecule has 0 spiro atoms. The lowest BCUT2D eigenvalue weighted by atomic mass is 10.1. The van der Waals surface area contributed by atoms with Gasteiger partial charge in [-0.25, -0.2) is 4.79 Å². The molecular formula is C10H18N2O3. The summed E-state index contributed by atoms with van der Waals surface area (Å²) in [6.07, 6.45) is 2.96. The van der Waals surface area contributed by atoms with E-state index in [1.54, 1.807) is 4.90 Å². The molecule has 1 N–H and O–H groups in total. The van der Waals surface area contributed by atoms with Gasteiger partial charge in [0.1, 0.15) is 0 Å². The second-order valence-corrected chi connectivity index (χ2v) is 3.62. The molecule has 0 aromatic rings. The van der Waals surface area contributed by atoms with E-state index < -0.39 is 0 Å². The summed E-state index contributed by atoms with van der Waals surface area (Å²) < 4.78 is 5.08. The van der Waals surface area contributed by atoms with Crippen LogP contribution < -0.4 is 0 Å². The average molecular weight is 214 g/mol. The lowest BCUT2D eigenvalue weighted by Crippen LogP contribution is -2.39. The number of piperidine rings is 1. The molecular weight excluding hydrogens is 196 g/mol. The Labute approximate surface area is 89.7 Å². The van der Waals surface area contributed by atoms with Crippen LogP contribution in [0.3, 0.4) is 0 Å². The van der Waals surface area contributed by atoms with E-state index in [2.05, 4.69) is 12.1 Å². The van der Waals surface area contributed by atoms with E-state index in [-0.39, 0.29) is 6.09 Å². The summed E-state index contributed by atoms with van der Waals surface area (Å²) in [6.45, 7) is 3.72. The van der Waals surface area contributed by atoms with Crippen molar-refractivity contribution in [3.63, 3.8) is 0 Å². The van der Waals surface area contributed by atoms with Crippen molar-refractivity contribution in [3.8, 4) is 0 Å². The number of oxime groups is 1. The molecule has 1 amide bonds. The van der Waals surface area contributed by atoms with Crippen molar-refractivity contribution < 1.29 is 14.7 Å². The maximum atomic E-state index is 11.5. The Balaban J connectivity index is 2.24. The molecule has 5 heteroatoms. The van der Waals surface area contributed by atoms with Gasteiger partial charge in [0.05, 0.1) is 12.3 Å². The average Bonchev–Trinajstić information content (AvgIpc) is 2.29. The van der Waals surface area contributed by atoms with Gasteiger partial charge in [0.25, 0.3) is 0 Å². The van der Waals surface area contributed by atoms with Crippen molar-refractivity contribution in [1.29, 1.82) is 0 Å². The second kappa shape index (κ2) is 6.27. The minimum atomic E-state index is -0.250. The van der Waals surface area contributed by atoms with Crippen LogP contribution in [0.2, 0.25) is 0 Å². The Morgan fingerprint density at radius 2 is 2.20 bits per heavy atom. The van der Waals surface area contributed by atoms with Gasteiger partial charge in [-0.2, -0.15) is 0 Å². The lowest BCUT2D eigenvalue weighted by Gasteiger charge is -2.26. The van der Waals surface area contributed by atoms with Crippen LogP contribution in [0.4, 0.5) is 4.79 Å². The van der Waals surface area contributed by atoms with E-state index in [0.29, 0.717) is 32.5 Å². The minimum Gasteiger partial charge on any atom is -0.449 e. The van der Waals surface area contributed by atoms with Gasteiger partial charge in [-0.1, -0.05) is 18.5 Å². The lowest BCUT2D eigenvalue weighted by molar-refractivity contribution is 0.100. The third-order valence-electron chi connectivity index (χ3n) is 2.46. The first-order valence-electron chi connectivity index (χ1n) is 5.39. The van der Waals surface area contributed by atoms with Crippen LogP contribution in [0.1, 0.15) is 32.6 Å². The minimum absolute atomic E-state index is 0.250. The predicted molar refractivity (Wildman–Crippen MR) is 56.3 cm³/mol. The number of carbonyl (C=O) groups is 1. The molecule has 1 rings (SSSR count). The van der Waals surface area contributed by atoms with Crippen LogP contribution in [-0.2, 0) is 4.74 Å². The zero-order valence-electron chi connectivity index (χ0n) is 9.11. The van der Waals surface area contributed by atoms with Crippen LogP contribution >= 0.6 is 0 Å². The van der Waals surface area contributed by atoms with E-state index in [9.17, 15) is 4.79 Å². The molecule has 1 fully saturated rings. The number of likely N-dealkylation sites (tertiary alicyclic amines) is 1. The van der Waals surface area contributed by atoms with Gasteiger partial charge in [0.2, 0.25) is 0 Å². The van der Waals surface area contributed by atoms with E-state index in [4.69, 9.17) is 9.94 Å². The first-order valence-corrected chi connectivity index (χ1v) is 5.39. The van der Waals surface area contributed by atoms with Crippen LogP contribution in [0, 0.1) is 0 Å². The van der Waals surface area contributed by atoms with E-state index in [0.717, 1.165) is 18.6 Å². The van der Waals surface area contributed by atoms with Crippen LogP contribution in [0.25, 0.3) is 0 Å². The number of carbonyl (C=O) groups excluding carboxylic acids is 1. The van der Waals surface area contributed by atoms with E-state index in [1.807, 2.05) is 0 Å². The molecule has 0 aromatic heterocycles. The van der Waals surface area contributed by atoms with Gasteiger partial charge in [-0.05, 0) is 6.42 Å². The number of hydrogen-bond acceptors (Lipinski definition) is 4. The molecule has 0 unspecified atom stereocenters. The summed E-state index contributed by atoms with van der Waals surface area (Å²) in [7, 11) is 0. The van der Waals surface area contributed by atoms with E-state index >= 15 is 0 Å². The van der Waals surface area contributed by atoms with Crippen molar-refractivity contribution in [3.05, 3.63) is 0 Å². The summed E-state index contributed by atoms with van der Waals surface area (Å²) in [5.74, 6) is 0. The molecule has 0 aliphatic carbocycles. The molecule has 1 aliphatic rings. The first-order chi connectivity index (χ1) is 7.27. The van der Waals surface area contributed by atoms with Gasteiger partial charge < -0.3 is 14.8 Å². The number of unbranched alkanes of at least 4 members (excludes halogenated alkanes) is 1. The standard InChI is InChI=1S/C10H18N2O3/c1-2-3-8-15-10(13)12-6-4-9(11-14)5-7-12/h14H,2-8H2,1H3. The summed E-state index contributed by atoms with van der Waals surface area (Å²) in [4.78, 5) is 13.1. The SMILES string of the molecule is CCCCOC(=O)N1CCC(=NO)CC1. The molecule has 0 radical (unpaired) electrons. The third kappa shape index (κ3) is 3.77. The zero-order chi connectivity index (χ0) is 11.1. The summed E-state index contributed by atoms with van der Waals surface area (Å²) >= 11 is 0. The summed E-state index contributed by atoms with van der Waals surface area (Å²) in [5.41, 5.74) is 0.757. The van der Waals surface area contributed by atoms with E-state index in [1.165, 1.54) is 0 Å². The Morgan fingerprint density at radius 1 is 1.53 bits per heavy atom. The van der Waals surface area contributed by atoms with Crippen molar-refractivity contribution in [2.75, 3.05) is 19.7 Å². The maximum absolute atomic E-state index is 11.5. The molecule has 1 saturated heterocycles. The molecule has 1 aliphatic heterocycles. The summed E-state index contributed by atoms with van der Waals surface area (Å²) in [5, 5.41) is 11.7. The van der Waals surface area contributed by atoms with Crippen molar-refractivity contribution in [2.45, 2.75) is 32.6 Å². The highest BCUT2D eigenvalue weighted by molar-refractivity contribution is 5.86. The van der Waals surface area contributed by atoms with Gasteiger partial charge in [0, 0.05) is 25.9 Å². The van der Waals surface area contributed by atoms with Gasteiger partial charge in [-0.3, -0.25) is 0 Å². The topological polar surface area (TPSA) is 62.1 Å². The number of nitrogens with zero attached hydrogens (tertiary/aromatic N) is 2. The smallest absolute Gasteiger partial charge is 0.409 e. The first kappa shape index (κ1) is 11.8. The highest BCUT2D eigenvalue weighted by atomic mass is 16.6. The normalized spacial score (nSPS) is 16.3. The fraction of sp³-hybridized carbons (Fsp3) is 0.800. The van der Waals surface area contributed by atoms with Crippen LogP contribution in [0.5, 0.6) is 0 Å². The molecule has 5 nitrogen and oxygen atoms in total. The molecule has 0 bridgehead atoms. The quantitative estimate of drug-likeness (QED) is 0.443. The van der Waals surface area contributed by atoms with Crippen molar-refractivity contribution in [2.24, 2.45) is 5.16 Å². The zero-order valence-corrected chi connectivity index (χ0v) is 9.11. The van der Waals surface area contributed by atoms with Gasteiger partial charge in [-0.15, -0.1) is 0 Å². The number of hydrogen-bond donors (Lipinski definition) is 1. The number of amides is 1. The summed E-state index contributed by atoms with van der Waals surface area (Å²) in [6, 6.07) is 0. The fourth-order valence-corrected chi connectivity index (χ4v) is 1.44. The van der Waals surface area contributed by atoms with Crippen molar-refractivity contribution >= 4 is 11.8 Å². The Hall–Kier alpha value is -1.26. The predicted octanol–water partition coefficient (Wildman–Crippen LogP) is 1.85. The third-order valence-corrected chi connectivity index (χ3v) is 2.46. The largest absolute Gasteiger partial charge is 0.449 e.